The molecule has 0 saturated heterocycles. The first-order chi connectivity index (χ1) is 15.6. The fourth-order valence-electron chi connectivity index (χ4n) is 4.53. The van der Waals surface area contributed by atoms with Crippen molar-refractivity contribution in [1.82, 2.24) is 5.16 Å². The number of hydrogen-bond acceptors (Lipinski definition) is 5. The SMILES string of the molecule is CCC(C)(C)C1CCc2c(sc(NC(=O)c3c(-c4ccccc4Cl)noc3C)c2C(N)=O)C1. The lowest BCUT2D eigenvalue weighted by Gasteiger charge is -2.36. The molecular weight excluding hydrogens is 458 g/mol. The van der Waals surface area contributed by atoms with Gasteiger partial charge in [-0.2, -0.15) is 0 Å². The maximum atomic E-state index is 13.4. The van der Waals surface area contributed by atoms with Crippen molar-refractivity contribution in [1.29, 1.82) is 0 Å². The van der Waals surface area contributed by atoms with Crippen LogP contribution in [0.5, 0.6) is 0 Å². The summed E-state index contributed by atoms with van der Waals surface area (Å²) < 4.78 is 5.33. The summed E-state index contributed by atoms with van der Waals surface area (Å²) in [6.07, 6.45) is 3.75. The van der Waals surface area contributed by atoms with Crippen molar-refractivity contribution in [3.8, 4) is 11.3 Å². The highest BCUT2D eigenvalue weighted by Crippen LogP contribution is 2.45. The Kier molecular flexibility index (Phi) is 6.38. The van der Waals surface area contributed by atoms with Gasteiger partial charge in [-0.25, -0.2) is 0 Å². The van der Waals surface area contributed by atoms with Crippen LogP contribution in [0.1, 0.15) is 70.5 Å². The summed E-state index contributed by atoms with van der Waals surface area (Å²) in [7, 11) is 0. The van der Waals surface area contributed by atoms with Gasteiger partial charge in [-0.05, 0) is 49.1 Å². The molecule has 0 radical (unpaired) electrons. The predicted molar refractivity (Wildman–Crippen MR) is 132 cm³/mol. The van der Waals surface area contributed by atoms with E-state index >= 15 is 0 Å². The summed E-state index contributed by atoms with van der Waals surface area (Å²) in [6.45, 7) is 8.47. The largest absolute Gasteiger partial charge is 0.365 e. The molecule has 6 nitrogen and oxygen atoms in total. The fourth-order valence-corrected chi connectivity index (χ4v) is 6.09. The number of nitrogens with two attached hydrogens (primary N) is 1. The van der Waals surface area contributed by atoms with E-state index in [2.05, 4.69) is 31.2 Å². The van der Waals surface area contributed by atoms with Gasteiger partial charge in [0, 0.05) is 10.4 Å². The van der Waals surface area contributed by atoms with Crippen molar-refractivity contribution in [3.63, 3.8) is 0 Å². The Morgan fingerprint density at radius 3 is 2.70 bits per heavy atom. The van der Waals surface area contributed by atoms with Crippen molar-refractivity contribution in [2.45, 2.75) is 53.4 Å². The Hall–Kier alpha value is -2.64. The maximum Gasteiger partial charge on any atom is 0.262 e. The number of nitrogens with zero attached hydrogens (tertiary/aromatic N) is 1. The highest BCUT2D eigenvalue weighted by atomic mass is 35.5. The first kappa shape index (κ1) is 23.5. The predicted octanol–water partition coefficient (Wildman–Crippen LogP) is 6.26. The minimum Gasteiger partial charge on any atom is -0.365 e. The van der Waals surface area contributed by atoms with E-state index in [1.807, 2.05) is 6.07 Å². The quantitative estimate of drug-likeness (QED) is 0.430. The molecule has 0 saturated carbocycles. The molecule has 1 atom stereocenters. The highest BCUT2D eigenvalue weighted by Gasteiger charge is 2.35. The monoisotopic (exact) mass is 485 g/mol. The van der Waals surface area contributed by atoms with Gasteiger partial charge in [-0.1, -0.05) is 62.1 Å². The minimum atomic E-state index is -0.524. The van der Waals surface area contributed by atoms with Crippen LogP contribution in [0, 0.1) is 18.3 Å². The third kappa shape index (κ3) is 4.32. The average molecular weight is 486 g/mol. The number of aryl methyl sites for hydroxylation is 1. The lowest BCUT2D eigenvalue weighted by Crippen LogP contribution is -2.29. The first-order valence-corrected chi connectivity index (χ1v) is 12.3. The van der Waals surface area contributed by atoms with Crippen LogP contribution in [0.3, 0.4) is 0 Å². The molecule has 3 N–H and O–H groups in total. The number of aromatic nitrogens is 1. The van der Waals surface area contributed by atoms with Crippen molar-refractivity contribution in [3.05, 3.63) is 56.6 Å². The Labute approximate surface area is 202 Å². The topological polar surface area (TPSA) is 98.2 Å². The number of anilines is 1. The zero-order valence-corrected chi connectivity index (χ0v) is 20.8. The van der Waals surface area contributed by atoms with Crippen LogP contribution in [-0.4, -0.2) is 17.0 Å². The van der Waals surface area contributed by atoms with Crippen LogP contribution in [0.2, 0.25) is 5.02 Å². The second-order valence-electron chi connectivity index (χ2n) is 9.25. The Balaban J connectivity index is 1.69. The molecule has 33 heavy (non-hydrogen) atoms. The molecule has 2 heterocycles. The third-order valence-corrected chi connectivity index (χ3v) is 8.47. The molecule has 2 aromatic heterocycles. The van der Waals surface area contributed by atoms with E-state index < -0.39 is 11.8 Å². The van der Waals surface area contributed by atoms with Gasteiger partial charge in [0.05, 0.1) is 10.6 Å². The number of rotatable bonds is 6. The molecule has 0 aliphatic heterocycles. The molecule has 1 aliphatic carbocycles. The van der Waals surface area contributed by atoms with Gasteiger partial charge < -0.3 is 15.6 Å². The third-order valence-electron chi connectivity index (χ3n) is 6.97. The summed E-state index contributed by atoms with van der Waals surface area (Å²) in [4.78, 5) is 26.9. The zero-order chi connectivity index (χ0) is 23.9. The molecule has 0 spiro atoms. The number of benzene rings is 1. The summed E-state index contributed by atoms with van der Waals surface area (Å²) >= 11 is 7.78. The molecule has 8 heteroatoms. The van der Waals surface area contributed by atoms with E-state index in [0.29, 0.717) is 38.5 Å². The highest BCUT2D eigenvalue weighted by molar-refractivity contribution is 7.17. The van der Waals surface area contributed by atoms with Crippen LogP contribution in [0.4, 0.5) is 5.00 Å². The average Bonchev–Trinajstić information content (AvgIpc) is 3.33. The number of carbonyl (C=O) groups is 2. The molecule has 1 unspecified atom stereocenters. The summed E-state index contributed by atoms with van der Waals surface area (Å²) in [6, 6.07) is 7.14. The second-order valence-corrected chi connectivity index (χ2v) is 10.8. The van der Waals surface area contributed by atoms with Gasteiger partial charge in [0.1, 0.15) is 22.0 Å². The molecule has 1 aromatic carbocycles. The van der Waals surface area contributed by atoms with Gasteiger partial charge in [0.15, 0.2) is 0 Å². The molecule has 3 aromatic rings. The fraction of sp³-hybridized carbons (Fsp3) is 0.400. The van der Waals surface area contributed by atoms with E-state index in [4.69, 9.17) is 21.9 Å². The molecule has 0 fully saturated rings. The first-order valence-electron chi connectivity index (χ1n) is 11.1. The van der Waals surface area contributed by atoms with Crippen molar-refractivity contribution >= 4 is 39.8 Å². The standard InChI is InChI=1S/C25H28ClN3O3S/c1-5-25(3,4)14-10-11-16-18(12-14)33-24(20(16)22(27)30)28-23(31)19-13(2)32-29-21(19)15-8-6-7-9-17(15)26/h6-9,14H,5,10-12H2,1-4H3,(H2,27,30)(H,28,31). The lowest BCUT2D eigenvalue weighted by atomic mass is 9.69. The van der Waals surface area contributed by atoms with Crippen LogP contribution >= 0.6 is 22.9 Å². The van der Waals surface area contributed by atoms with E-state index in [9.17, 15) is 9.59 Å². The Bertz CT molecular complexity index is 1230. The molecule has 2 amide bonds. The minimum absolute atomic E-state index is 0.210. The Morgan fingerprint density at radius 2 is 2.03 bits per heavy atom. The van der Waals surface area contributed by atoms with E-state index in [1.54, 1.807) is 25.1 Å². The number of primary amides is 1. The van der Waals surface area contributed by atoms with Crippen LogP contribution in [0.25, 0.3) is 11.3 Å². The number of hydrogen-bond donors (Lipinski definition) is 2. The number of nitrogens with one attached hydrogen (secondary N) is 1. The second kappa shape index (κ2) is 8.95. The normalized spacial score (nSPS) is 15.8. The van der Waals surface area contributed by atoms with Gasteiger partial charge in [-0.15, -0.1) is 11.3 Å². The summed E-state index contributed by atoms with van der Waals surface area (Å²) in [5.74, 6) is -0.0428. The molecule has 1 aliphatic rings. The smallest absolute Gasteiger partial charge is 0.262 e. The van der Waals surface area contributed by atoms with Crippen molar-refractivity contribution in [2.24, 2.45) is 17.1 Å². The van der Waals surface area contributed by atoms with Crippen LogP contribution < -0.4 is 11.1 Å². The van der Waals surface area contributed by atoms with Gasteiger partial charge >= 0.3 is 0 Å². The lowest BCUT2D eigenvalue weighted by molar-refractivity contribution is 0.0999. The zero-order valence-electron chi connectivity index (χ0n) is 19.3. The van der Waals surface area contributed by atoms with Gasteiger partial charge in [-0.3, -0.25) is 9.59 Å². The number of thiophene rings is 1. The molecular formula is C25H28ClN3O3S. The number of amides is 2. The molecule has 4 rings (SSSR count). The van der Waals surface area contributed by atoms with Gasteiger partial charge in [0.25, 0.3) is 11.8 Å². The summed E-state index contributed by atoms with van der Waals surface area (Å²) in [5.41, 5.74) is 8.62. The van der Waals surface area contributed by atoms with Gasteiger partial charge in [0.2, 0.25) is 0 Å². The number of carbonyl (C=O) groups excluding carboxylic acids is 2. The summed E-state index contributed by atoms with van der Waals surface area (Å²) in [5, 5.41) is 7.95. The van der Waals surface area contributed by atoms with Crippen LogP contribution in [-0.2, 0) is 12.8 Å². The van der Waals surface area contributed by atoms with E-state index in [-0.39, 0.29) is 11.0 Å². The molecule has 0 bridgehead atoms. The van der Waals surface area contributed by atoms with Crippen molar-refractivity contribution < 1.29 is 14.1 Å². The van der Waals surface area contributed by atoms with E-state index in [1.165, 1.54) is 11.3 Å². The van der Waals surface area contributed by atoms with E-state index in [0.717, 1.165) is 36.1 Å². The maximum absolute atomic E-state index is 13.4. The van der Waals surface area contributed by atoms with Crippen LogP contribution in [0.15, 0.2) is 28.8 Å². The number of halogens is 1. The van der Waals surface area contributed by atoms with Crippen molar-refractivity contribution in [2.75, 3.05) is 5.32 Å². The Morgan fingerprint density at radius 1 is 1.30 bits per heavy atom. The molecule has 174 valence electrons. The number of fused-ring (bicyclic) bond motifs is 1.